The van der Waals surface area contributed by atoms with Crippen LogP contribution in [0.25, 0.3) is 5.78 Å². The van der Waals surface area contributed by atoms with Crippen LogP contribution in [0.5, 0.6) is 0 Å². The summed E-state index contributed by atoms with van der Waals surface area (Å²) in [5.41, 5.74) is 4.46. The number of thioether (sulfide) groups is 1. The van der Waals surface area contributed by atoms with Crippen molar-refractivity contribution in [3.8, 4) is 0 Å². The molecule has 0 radical (unpaired) electrons. The highest BCUT2D eigenvalue weighted by molar-refractivity contribution is 7.99. The average Bonchev–Trinajstić information content (AvgIpc) is 2.99. The second kappa shape index (κ2) is 7.75. The molecular formula is C18H20N6O2S. The number of amides is 3. The van der Waals surface area contributed by atoms with Gasteiger partial charge in [0.15, 0.2) is 0 Å². The summed E-state index contributed by atoms with van der Waals surface area (Å²) in [6, 6.07) is 7.00. The topological polar surface area (TPSA) is 101 Å². The molecule has 9 heteroatoms. The summed E-state index contributed by atoms with van der Waals surface area (Å²) >= 11 is 1.15. The van der Waals surface area contributed by atoms with E-state index in [1.54, 1.807) is 10.6 Å². The molecule has 0 saturated carbocycles. The van der Waals surface area contributed by atoms with Gasteiger partial charge in [-0.2, -0.15) is 4.98 Å². The van der Waals surface area contributed by atoms with Crippen LogP contribution < -0.4 is 10.6 Å². The molecule has 3 aromatic rings. The summed E-state index contributed by atoms with van der Waals surface area (Å²) < 4.78 is 1.63. The van der Waals surface area contributed by atoms with Crippen LogP contribution in [0.15, 0.2) is 29.4 Å². The minimum atomic E-state index is -0.566. The molecule has 2 N–H and O–H groups in total. The fourth-order valence-electron chi connectivity index (χ4n) is 2.61. The van der Waals surface area contributed by atoms with E-state index in [0.29, 0.717) is 16.6 Å². The van der Waals surface area contributed by atoms with Gasteiger partial charge in [0.05, 0.1) is 5.75 Å². The third-order valence-electron chi connectivity index (χ3n) is 3.81. The molecule has 0 unspecified atom stereocenters. The molecule has 2 heterocycles. The molecule has 1 aromatic carbocycles. The maximum atomic E-state index is 12.0. The number of fused-ring (bicyclic) bond motifs is 1. The van der Waals surface area contributed by atoms with Crippen LogP contribution in [0.4, 0.5) is 10.5 Å². The van der Waals surface area contributed by atoms with E-state index in [1.807, 2.05) is 45.9 Å². The van der Waals surface area contributed by atoms with E-state index < -0.39 is 11.9 Å². The number of benzene rings is 1. The number of anilines is 1. The maximum Gasteiger partial charge on any atom is 0.325 e. The number of hydrogen-bond acceptors (Lipinski definition) is 6. The number of aryl methyl sites for hydroxylation is 4. The first-order valence-corrected chi connectivity index (χ1v) is 9.32. The first-order chi connectivity index (χ1) is 12.8. The lowest BCUT2D eigenvalue weighted by Crippen LogP contribution is -2.35. The highest BCUT2D eigenvalue weighted by Crippen LogP contribution is 2.17. The first-order valence-electron chi connectivity index (χ1n) is 8.34. The van der Waals surface area contributed by atoms with E-state index in [-0.39, 0.29) is 5.75 Å². The molecular weight excluding hydrogens is 364 g/mol. The van der Waals surface area contributed by atoms with E-state index in [9.17, 15) is 9.59 Å². The monoisotopic (exact) mass is 384 g/mol. The fraction of sp³-hybridized carbons (Fsp3) is 0.278. The van der Waals surface area contributed by atoms with Crippen molar-refractivity contribution >= 4 is 35.2 Å². The van der Waals surface area contributed by atoms with Crippen LogP contribution in [0.3, 0.4) is 0 Å². The highest BCUT2D eigenvalue weighted by atomic mass is 32.2. The Hall–Kier alpha value is -2.94. The van der Waals surface area contributed by atoms with Gasteiger partial charge in [-0.1, -0.05) is 29.5 Å². The number of rotatable bonds is 4. The van der Waals surface area contributed by atoms with E-state index in [0.717, 1.165) is 34.3 Å². The van der Waals surface area contributed by atoms with Crippen molar-refractivity contribution < 1.29 is 9.59 Å². The number of carbonyl (C=O) groups is 2. The third kappa shape index (κ3) is 4.62. The predicted octanol–water partition coefficient (Wildman–Crippen LogP) is 2.80. The standard InChI is InChI=1S/C18H20N6O2S/c1-10-5-6-14(11(2)7-10)20-17(26)21-15(25)9-27-18-22-16-19-12(3)8-13(4)24(16)23-18/h5-8H,9H2,1-4H3,(H2,20,21,25,26). The Labute approximate surface area is 160 Å². The molecule has 140 valence electrons. The van der Waals surface area contributed by atoms with Crippen molar-refractivity contribution in [3.63, 3.8) is 0 Å². The summed E-state index contributed by atoms with van der Waals surface area (Å²) in [7, 11) is 0. The lowest BCUT2D eigenvalue weighted by molar-refractivity contribution is -0.117. The van der Waals surface area contributed by atoms with Gasteiger partial charge in [-0.05, 0) is 45.4 Å². The molecule has 3 amide bonds. The van der Waals surface area contributed by atoms with Crippen LogP contribution in [0, 0.1) is 27.7 Å². The van der Waals surface area contributed by atoms with Crippen molar-refractivity contribution in [2.45, 2.75) is 32.9 Å². The Bertz CT molecular complexity index is 1030. The average molecular weight is 384 g/mol. The molecule has 0 saturated heterocycles. The Morgan fingerprint density at radius 1 is 1.11 bits per heavy atom. The largest absolute Gasteiger partial charge is 0.325 e. The lowest BCUT2D eigenvalue weighted by atomic mass is 10.1. The van der Waals surface area contributed by atoms with E-state index in [1.165, 1.54) is 0 Å². The van der Waals surface area contributed by atoms with Crippen molar-refractivity contribution in [2.24, 2.45) is 0 Å². The molecule has 2 aromatic heterocycles. The molecule has 0 aliphatic heterocycles. The van der Waals surface area contributed by atoms with Crippen molar-refractivity contribution in [3.05, 3.63) is 46.8 Å². The molecule has 8 nitrogen and oxygen atoms in total. The predicted molar refractivity (Wildman–Crippen MR) is 104 cm³/mol. The number of carbonyl (C=O) groups excluding carboxylic acids is 2. The van der Waals surface area contributed by atoms with Crippen LogP contribution in [-0.4, -0.2) is 37.3 Å². The van der Waals surface area contributed by atoms with E-state index >= 15 is 0 Å². The smallest absolute Gasteiger partial charge is 0.307 e. The number of imide groups is 1. The molecule has 0 aliphatic carbocycles. The van der Waals surface area contributed by atoms with Gasteiger partial charge >= 0.3 is 6.03 Å². The first kappa shape index (κ1) is 18.8. The molecule has 0 aliphatic rings. The van der Waals surface area contributed by atoms with E-state index in [2.05, 4.69) is 25.7 Å². The molecule has 27 heavy (non-hydrogen) atoms. The third-order valence-corrected chi connectivity index (χ3v) is 4.65. The molecule has 0 bridgehead atoms. The number of nitrogens with one attached hydrogen (secondary N) is 2. The molecule has 0 atom stereocenters. The van der Waals surface area contributed by atoms with E-state index in [4.69, 9.17) is 0 Å². The minimum absolute atomic E-state index is 0.0230. The summed E-state index contributed by atoms with van der Waals surface area (Å²) in [5, 5.41) is 9.73. The summed E-state index contributed by atoms with van der Waals surface area (Å²) in [6.07, 6.45) is 0. The zero-order valence-corrected chi connectivity index (χ0v) is 16.3. The molecule has 0 fully saturated rings. The number of aromatic nitrogens is 4. The maximum absolute atomic E-state index is 12.0. The molecule has 0 spiro atoms. The minimum Gasteiger partial charge on any atom is -0.307 e. The van der Waals surface area contributed by atoms with Gasteiger partial charge < -0.3 is 5.32 Å². The zero-order valence-electron chi connectivity index (χ0n) is 15.5. The summed E-state index contributed by atoms with van der Waals surface area (Å²) in [4.78, 5) is 32.6. The Morgan fingerprint density at radius 3 is 2.63 bits per heavy atom. The van der Waals surface area contributed by atoms with Gasteiger partial charge in [0, 0.05) is 17.1 Å². The summed E-state index contributed by atoms with van der Waals surface area (Å²) in [5.74, 6) is 0.0832. The lowest BCUT2D eigenvalue weighted by Gasteiger charge is -2.09. The van der Waals surface area contributed by atoms with Crippen LogP contribution in [0.2, 0.25) is 0 Å². The van der Waals surface area contributed by atoms with Gasteiger partial charge in [-0.25, -0.2) is 14.3 Å². The quantitative estimate of drug-likeness (QED) is 0.671. The fourth-order valence-corrected chi connectivity index (χ4v) is 3.23. The zero-order chi connectivity index (χ0) is 19.6. The summed E-state index contributed by atoms with van der Waals surface area (Å²) in [6.45, 7) is 7.67. The van der Waals surface area contributed by atoms with Crippen LogP contribution >= 0.6 is 11.8 Å². The number of nitrogens with zero attached hydrogens (tertiary/aromatic N) is 4. The van der Waals surface area contributed by atoms with Crippen molar-refractivity contribution in [2.75, 3.05) is 11.1 Å². The van der Waals surface area contributed by atoms with Gasteiger partial charge in [-0.15, -0.1) is 5.10 Å². The van der Waals surface area contributed by atoms with Crippen molar-refractivity contribution in [1.82, 2.24) is 24.9 Å². The normalized spacial score (nSPS) is 10.8. The molecule has 3 rings (SSSR count). The Morgan fingerprint density at radius 2 is 1.89 bits per heavy atom. The Kier molecular flexibility index (Phi) is 5.41. The van der Waals surface area contributed by atoms with Crippen molar-refractivity contribution in [1.29, 1.82) is 0 Å². The van der Waals surface area contributed by atoms with Gasteiger partial charge in [0.1, 0.15) is 0 Å². The Balaban J connectivity index is 1.56. The van der Waals surface area contributed by atoms with Gasteiger partial charge in [-0.3, -0.25) is 10.1 Å². The van der Waals surface area contributed by atoms with Crippen LogP contribution in [-0.2, 0) is 4.79 Å². The second-order valence-electron chi connectivity index (χ2n) is 6.25. The van der Waals surface area contributed by atoms with Gasteiger partial charge in [0.2, 0.25) is 11.1 Å². The highest BCUT2D eigenvalue weighted by Gasteiger charge is 2.13. The van der Waals surface area contributed by atoms with Gasteiger partial charge in [0.25, 0.3) is 5.78 Å². The number of urea groups is 1. The van der Waals surface area contributed by atoms with Crippen LogP contribution in [0.1, 0.15) is 22.5 Å². The SMILES string of the molecule is Cc1ccc(NC(=O)NC(=O)CSc2nc3nc(C)cc(C)n3n2)c(C)c1. The number of hydrogen-bond donors (Lipinski definition) is 2. The second-order valence-corrected chi connectivity index (χ2v) is 7.20.